The second-order valence-corrected chi connectivity index (χ2v) is 6.71. The molecular formula is C22H28N2O4. The van der Waals surface area contributed by atoms with E-state index >= 15 is 0 Å². The van der Waals surface area contributed by atoms with Gasteiger partial charge in [0.15, 0.2) is 0 Å². The van der Waals surface area contributed by atoms with E-state index in [9.17, 15) is 14.7 Å². The molecule has 0 aliphatic heterocycles. The fourth-order valence-electron chi connectivity index (χ4n) is 2.84. The number of unbranched alkanes of at least 4 members (excludes halogenated alkanes) is 1. The Morgan fingerprint density at radius 3 is 2.46 bits per heavy atom. The van der Waals surface area contributed by atoms with E-state index in [0.717, 1.165) is 36.4 Å². The molecule has 6 heteroatoms. The van der Waals surface area contributed by atoms with Crippen molar-refractivity contribution in [3.05, 3.63) is 53.6 Å². The summed E-state index contributed by atoms with van der Waals surface area (Å²) in [4.78, 5) is 26.0. The first kappa shape index (κ1) is 21.3. The summed E-state index contributed by atoms with van der Waals surface area (Å²) in [7, 11) is 3.54. The number of nitrogens with zero attached hydrogens (tertiary/aromatic N) is 1. The van der Waals surface area contributed by atoms with Gasteiger partial charge >= 0.3 is 5.97 Å². The number of carboxylic acid groups (broad SMARTS) is 1. The van der Waals surface area contributed by atoms with Crippen molar-refractivity contribution in [2.75, 3.05) is 30.9 Å². The van der Waals surface area contributed by atoms with E-state index in [4.69, 9.17) is 4.74 Å². The molecule has 1 amide bonds. The van der Waals surface area contributed by atoms with Crippen LogP contribution < -0.4 is 15.0 Å². The molecule has 2 aromatic rings. The van der Waals surface area contributed by atoms with Gasteiger partial charge in [-0.1, -0.05) is 25.5 Å². The van der Waals surface area contributed by atoms with E-state index in [1.54, 1.807) is 19.2 Å². The molecule has 0 aliphatic carbocycles. The first-order chi connectivity index (χ1) is 13.4. The van der Waals surface area contributed by atoms with Gasteiger partial charge in [-0.25, -0.2) is 4.79 Å². The summed E-state index contributed by atoms with van der Waals surface area (Å²) >= 11 is 0. The predicted octanol–water partition coefficient (Wildman–Crippen LogP) is 4.20. The van der Waals surface area contributed by atoms with Gasteiger partial charge in [0.05, 0.1) is 18.4 Å². The lowest BCUT2D eigenvalue weighted by atomic mass is 10.1. The van der Waals surface area contributed by atoms with E-state index in [1.165, 1.54) is 0 Å². The number of methoxy groups -OCH3 is 1. The highest BCUT2D eigenvalue weighted by Gasteiger charge is 2.15. The number of amides is 1. The molecule has 0 unspecified atom stereocenters. The van der Waals surface area contributed by atoms with Crippen molar-refractivity contribution in [2.45, 2.75) is 32.6 Å². The van der Waals surface area contributed by atoms with E-state index in [2.05, 4.69) is 12.2 Å². The van der Waals surface area contributed by atoms with Gasteiger partial charge in [0.2, 0.25) is 5.91 Å². The molecule has 150 valence electrons. The molecule has 0 spiro atoms. The summed E-state index contributed by atoms with van der Waals surface area (Å²) < 4.78 is 5.12. The number of nitrogens with one attached hydrogen (secondary N) is 1. The Balaban J connectivity index is 2.02. The molecule has 0 bridgehead atoms. The molecule has 2 N–H and O–H groups in total. The number of aromatic carboxylic acids is 1. The zero-order valence-corrected chi connectivity index (χ0v) is 16.7. The zero-order valence-electron chi connectivity index (χ0n) is 16.7. The number of carbonyl (C=O) groups excluding carboxylic acids is 1. The van der Waals surface area contributed by atoms with Crippen LogP contribution in [0.4, 0.5) is 11.4 Å². The molecule has 0 saturated carbocycles. The highest BCUT2D eigenvalue weighted by Crippen LogP contribution is 2.24. The number of hydrogen-bond donors (Lipinski definition) is 2. The maximum atomic E-state index is 12.3. The number of ether oxygens (including phenoxy) is 1. The van der Waals surface area contributed by atoms with E-state index in [1.807, 2.05) is 42.3 Å². The van der Waals surface area contributed by atoms with E-state index in [-0.39, 0.29) is 17.9 Å². The third kappa shape index (κ3) is 6.01. The summed E-state index contributed by atoms with van der Waals surface area (Å²) in [6, 6.07) is 12.6. The number of benzene rings is 2. The van der Waals surface area contributed by atoms with Gasteiger partial charge in [-0.15, -0.1) is 0 Å². The van der Waals surface area contributed by atoms with Gasteiger partial charge in [0.1, 0.15) is 5.75 Å². The molecule has 2 aromatic carbocycles. The molecule has 0 radical (unpaired) electrons. The van der Waals surface area contributed by atoms with Crippen molar-refractivity contribution < 1.29 is 19.4 Å². The second-order valence-electron chi connectivity index (χ2n) is 6.71. The van der Waals surface area contributed by atoms with Crippen LogP contribution >= 0.6 is 0 Å². The van der Waals surface area contributed by atoms with Crippen LogP contribution in [0.15, 0.2) is 42.5 Å². The molecule has 0 fully saturated rings. The molecule has 0 aromatic heterocycles. The van der Waals surface area contributed by atoms with Crippen molar-refractivity contribution in [3.63, 3.8) is 0 Å². The van der Waals surface area contributed by atoms with E-state index in [0.29, 0.717) is 12.1 Å². The van der Waals surface area contributed by atoms with Crippen LogP contribution in [-0.2, 0) is 11.2 Å². The van der Waals surface area contributed by atoms with Gasteiger partial charge in [0.25, 0.3) is 0 Å². The minimum Gasteiger partial charge on any atom is -0.497 e. The van der Waals surface area contributed by atoms with Gasteiger partial charge in [0, 0.05) is 25.7 Å². The minimum absolute atomic E-state index is 0.0960. The Morgan fingerprint density at radius 1 is 1.14 bits per heavy atom. The third-order valence-corrected chi connectivity index (χ3v) is 4.60. The average Bonchev–Trinajstić information content (AvgIpc) is 2.70. The molecule has 0 aliphatic rings. The molecule has 0 heterocycles. The topological polar surface area (TPSA) is 78.9 Å². The first-order valence-corrected chi connectivity index (χ1v) is 9.45. The highest BCUT2D eigenvalue weighted by molar-refractivity contribution is 6.01. The van der Waals surface area contributed by atoms with Gasteiger partial charge in [-0.2, -0.15) is 0 Å². The van der Waals surface area contributed by atoms with Crippen molar-refractivity contribution in [3.8, 4) is 5.75 Å². The van der Waals surface area contributed by atoms with Gasteiger partial charge in [-0.05, 0) is 48.7 Å². The fraction of sp³-hybridized carbons (Fsp3) is 0.364. The normalized spacial score (nSPS) is 10.4. The Morgan fingerprint density at radius 2 is 1.86 bits per heavy atom. The number of carbonyl (C=O) groups is 2. The minimum atomic E-state index is -1.06. The van der Waals surface area contributed by atoms with Crippen LogP contribution in [0.3, 0.4) is 0 Å². The summed E-state index contributed by atoms with van der Waals surface area (Å²) in [5.74, 6) is -0.509. The summed E-state index contributed by atoms with van der Waals surface area (Å²) in [5, 5.41) is 12.3. The van der Waals surface area contributed by atoms with Crippen molar-refractivity contribution in [2.24, 2.45) is 0 Å². The van der Waals surface area contributed by atoms with Crippen LogP contribution in [0.1, 0.15) is 42.1 Å². The van der Waals surface area contributed by atoms with E-state index < -0.39 is 5.97 Å². The van der Waals surface area contributed by atoms with Crippen molar-refractivity contribution >= 4 is 23.3 Å². The average molecular weight is 384 g/mol. The van der Waals surface area contributed by atoms with Crippen molar-refractivity contribution in [1.82, 2.24) is 0 Å². The zero-order chi connectivity index (χ0) is 20.5. The maximum Gasteiger partial charge on any atom is 0.337 e. The largest absolute Gasteiger partial charge is 0.497 e. The number of anilines is 2. The lowest BCUT2D eigenvalue weighted by Crippen LogP contribution is -2.20. The monoisotopic (exact) mass is 384 g/mol. The highest BCUT2D eigenvalue weighted by atomic mass is 16.5. The Kier molecular flexibility index (Phi) is 7.87. The summed E-state index contributed by atoms with van der Waals surface area (Å²) in [6.45, 7) is 2.96. The number of aryl methyl sites for hydroxylation is 1. The lowest BCUT2D eigenvalue weighted by molar-refractivity contribution is -0.116. The number of rotatable bonds is 10. The quantitative estimate of drug-likeness (QED) is 0.642. The fourth-order valence-corrected chi connectivity index (χ4v) is 2.84. The lowest BCUT2D eigenvalue weighted by Gasteiger charge is -2.20. The predicted molar refractivity (Wildman–Crippen MR) is 112 cm³/mol. The van der Waals surface area contributed by atoms with Crippen LogP contribution in [0.25, 0.3) is 0 Å². The van der Waals surface area contributed by atoms with Crippen LogP contribution in [0.2, 0.25) is 0 Å². The standard InChI is InChI=1S/C22H28N2O4/c1-4-5-14-24(2)17-9-12-20(19(15-17)22(26)27)23-21(25)13-8-16-6-10-18(28-3)11-7-16/h6-7,9-12,15H,4-5,8,13-14H2,1-3H3,(H,23,25)(H,26,27). The molecule has 2 rings (SSSR count). The Labute approximate surface area is 166 Å². The smallest absolute Gasteiger partial charge is 0.337 e. The number of hydrogen-bond acceptors (Lipinski definition) is 4. The van der Waals surface area contributed by atoms with Gasteiger partial charge < -0.3 is 20.1 Å². The summed E-state index contributed by atoms with van der Waals surface area (Å²) in [6.07, 6.45) is 2.93. The Hall–Kier alpha value is -3.02. The molecular weight excluding hydrogens is 356 g/mol. The Bertz CT molecular complexity index is 803. The maximum absolute atomic E-state index is 12.3. The SMILES string of the molecule is CCCCN(C)c1ccc(NC(=O)CCc2ccc(OC)cc2)c(C(=O)O)c1. The molecule has 28 heavy (non-hydrogen) atoms. The molecule has 0 atom stereocenters. The van der Waals surface area contributed by atoms with Crippen molar-refractivity contribution in [1.29, 1.82) is 0 Å². The number of carboxylic acids is 1. The van der Waals surface area contributed by atoms with Crippen LogP contribution in [0.5, 0.6) is 5.75 Å². The second kappa shape index (κ2) is 10.3. The van der Waals surface area contributed by atoms with Crippen LogP contribution in [0, 0.1) is 0 Å². The third-order valence-electron chi connectivity index (χ3n) is 4.60. The first-order valence-electron chi connectivity index (χ1n) is 9.45. The molecule has 0 saturated heterocycles. The van der Waals surface area contributed by atoms with Crippen LogP contribution in [-0.4, -0.2) is 37.7 Å². The summed E-state index contributed by atoms with van der Waals surface area (Å²) in [5.41, 5.74) is 2.25. The van der Waals surface area contributed by atoms with Gasteiger partial charge in [-0.3, -0.25) is 4.79 Å². The molecule has 6 nitrogen and oxygen atoms in total.